The Morgan fingerprint density at radius 2 is 1.92 bits per heavy atom. The number of rotatable bonds is 6. The number of terminal acetylenes is 1. The van der Waals surface area contributed by atoms with E-state index in [0.29, 0.717) is 37.3 Å². The predicted molar refractivity (Wildman–Crippen MR) is 176 cm³/mol. The van der Waals surface area contributed by atoms with Crippen LogP contribution < -0.4 is 15.0 Å². The van der Waals surface area contributed by atoms with Crippen LogP contribution in [0, 0.1) is 18.2 Å². The van der Waals surface area contributed by atoms with E-state index in [9.17, 15) is 22.8 Å². The summed E-state index contributed by atoms with van der Waals surface area (Å²) >= 11 is -2.24. The zero-order chi connectivity index (χ0) is 33.8. The first-order chi connectivity index (χ1) is 23.5. The molecule has 256 valence electrons. The highest BCUT2D eigenvalue weighted by atomic mass is 32.2. The molecule has 1 saturated carbocycles. The third-order valence-electron chi connectivity index (χ3n) is 11.0. The van der Waals surface area contributed by atoms with Gasteiger partial charge in [-0.15, -0.1) is 6.42 Å². The van der Waals surface area contributed by atoms with Gasteiger partial charge in [-0.3, -0.25) is 4.90 Å². The summed E-state index contributed by atoms with van der Waals surface area (Å²) in [4.78, 5) is 13.8. The molecule has 5 aliphatic heterocycles. The number of hydrogen-bond acceptors (Lipinski definition) is 9. The highest BCUT2D eigenvalue weighted by Gasteiger charge is 2.66. The molecule has 1 aromatic heterocycles. The second kappa shape index (κ2) is 11.1. The second-order valence-corrected chi connectivity index (χ2v) is 15.5. The molecule has 5 fully saturated rings. The van der Waals surface area contributed by atoms with Crippen molar-refractivity contribution in [2.45, 2.75) is 79.2 Å². The number of phenols is 1. The van der Waals surface area contributed by atoms with Crippen molar-refractivity contribution < 1.29 is 32.0 Å². The van der Waals surface area contributed by atoms with Gasteiger partial charge in [-0.25, -0.2) is 17.6 Å². The molecule has 2 bridgehead atoms. The summed E-state index contributed by atoms with van der Waals surface area (Å²) in [5.74, 6) is -1.33. The van der Waals surface area contributed by atoms with Crippen molar-refractivity contribution in [3.05, 3.63) is 46.9 Å². The number of hydrogen-bond donors (Lipinski definition) is 2. The van der Waals surface area contributed by atoms with Gasteiger partial charge < -0.3 is 24.6 Å². The van der Waals surface area contributed by atoms with Gasteiger partial charge in [0.05, 0.1) is 16.8 Å². The smallest absolute Gasteiger partial charge is 0.319 e. The molecule has 2 aromatic carbocycles. The summed E-state index contributed by atoms with van der Waals surface area (Å²) in [6.07, 6.45) is 9.78. The Balaban J connectivity index is 1.22. The Labute approximate surface area is 283 Å². The molecule has 4 unspecified atom stereocenters. The van der Waals surface area contributed by atoms with Crippen molar-refractivity contribution in [1.82, 2.24) is 24.5 Å². The Hall–Kier alpha value is -3.77. The standard InChI is InChI=1S/C35H34F4N6O3S/c1-2-24-26(37)7-4-19-10-23(46)11-25(30(19)24)28-12-27-31(49(47)45(28)29-14-35(29,38)39)32(43-16-21-5-6-22(17-43)40-21)42-33(41-27)48-18-34-8-3-9-44(34)15-20(36)13-34/h1,4,7,10-12,20-22,29,40,46H,3,5-6,8-9,13-18H2/t20-,21?,22?,29?,34+,49?/m1/s1. The third-order valence-corrected chi connectivity index (χ3v) is 12.6. The molecule has 0 amide bonds. The number of alkyl halides is 3. The van der Waals surface area contributed by atoms with Crippen molar-refractivity contribution in [2.75, 3.05) is 37.7 Å². The van der Waals surface area contributed by atoms with Gasteiger partial charge in [0.15, 0.2) is 5.82 Å². The number of ether oxygens (including phenoxy) is 1. The summed E-state index contributed by atoms with van der Waals surface area (Å²) in [6, 6.07) is 4.30. The van der Waals surface area contributed by atoms with Crippen LogP contribution in [0.25, 0.3) is 22.5 Å². The number of aromatic nitrogens is 2. The van der Waals surface area contributed by atoms with Crippen LogP contribution in [0.5, 0.6) is 11.8 Å². The summed E-state index contributed by atoms with van der Waals surface area (Å²) in [7, 11) is 0. The zero-order valence-corrected chi connectivity index (χ0v) is 27.3. The lowest BCUT2D eigenvalue weighted by Gasteiger charge is -2.37. The number of fused-ring (bicyclic) bond motifs is 5. The SMILES string of the molecule is C#Cc1c(F)ccc2cc(O)cc(C3=Cc4nc(OC[C@@]56CCCN5C[C@H](F)C6)nc(N5CC6CCC(C5)N6)c4[S+]([O-])N3C3CC3(F)F)c12. The van der Waals surface area contributed by atoms with Gasteiger partial charge in [-0.1, -0.05) is 12.0 Å². The summed E-state index contributed by atoms with van der Waals surface area (Å²) in [5, 5.41) is 14.9. The highest BCUT2D eigenvalue weighted by Crippen LogP contribution is 2.54. The molecule has 4 saturated heterocycles. The van der Waals surface area contributed by atoms with Crippen molar-refractivity contribution in [1.29, 1.82) is 0 Å². The fraction of sp³-hybridized carbons (Fsp3) is 0.486. The Morgan fingerprint density at radius 3 is 2.65 bits per heavy atom. The molecule has 6 aliphatic rings. The molecule has 2 N–H and O–H groups in total. The van der Waals surface area contributed by atoms with Gasteiger partial charge in [0, 0.05) is 55.5 Å². The van der Waals surface area contributed by atoms with Gasteiger partial charge in [0.2, 0.25) is 4.90 Å². The largest absolute Gasteiger partial charge is 0.588 e. The molecule has 6 atom stereocenters. The predicted octanol–water partition coefficient (Wildman–Crippen LogP) is 4.60. The van der Waals surface area contributed by atoms with Crippen molar-refractivity contribution >= 4 is 39.7 Å². The Bertz CT molecular complexity index is 1950. The van der Waals surface area contributed by atoms with Crippen LogP contribution in [0.15, 0.2) is 29.2 Å². The van der Waals surface area contributed by atoms with E-state index in [-0.39, 0.29) is 63.3 Å². The average molecular weight is 695 g/mol. The number of anilines is 1. The maximum absolute atomic E-state index is 15.1. The van der Waals surface area contributed by atoms with Crippen LogP contribution in [0.1, 0.15) is 55.3 Å². The minimum Gasteiger partial charge on any atom is -0.588 e. The average Bonchev–Trinajstić information content (AvgIpc) is 3.31. The minimum absolute atomic E-state index is 0.0112. The van der Waals surface area contributed by atoms with Crippen LogP contribution in [0.2, 0.25) is 0 Å². The number of phenolic OH excluding ortho intramolecular Hbond substituents is 1. The fourth-order valence-electron chi connectivity index (χ4n) is 8.68. The van der Waals surface area contributed by atoms with Gasteiger partial charge in [-0.05, 0) is 61.9 Å². The maximum atomic E-state index is 15.1. The van der Waals surface area contributed by atoms with E-state index in [1.165, 1.54) is 30.3 Å². The van der Waals surface area contributed by atoms with Crippen LogP contribution in [0.4, 0.5) is 23.4 Å². The van der Waals surface area contributed by atoms with E-state index in [2.05, 4.69) is 16.1 Å². The van der Waals surface area contributed by atoms with E-state index in [0.717, 1.165) is 36.5 Å². The first-order valence-corrected chi connectivity index (χ1v) is 17.8. The molecular formula is C35H34F4N6O3S. The van der Waals surface area contributed by atoms with E-state index in [4.69, 9.17) is 21.1 Å². The summed E-state index contributed by atoms with van der Waals surface area (Å²) in [5.41, 5.74) is -0.179. The topological polar surface area (TPSA) is 100 Å². The molecular weight excluding hydrogens is 660 g/mol. The first-order valence-electron chi connectivity index (χ1n) is 16.7. The lowest BCUT2D eigenvalue weighted by molar-refractivity contribution is 0.0990. The summed E-state index contributed by atoms with van der Waals surface area (Å²) < 4.78 is 81.9. The molecule has 6 heterocycles. The highest BCUT2D eigenvalue weighted by molar-refractivity contribution is 7.89. The molecule has 0 radical (unpaired) electrons. The van der Waals surface area contributed by atoms with Gasteiger partial charge in [-0.2, -0.15) is 14.3 Å². The van der Waals surface area contributed by atoms with Crippen LogP contribution in [-0.4, -0.2) is 97.4 Å². The lowest BCUT2D eigenvalue weighted by atomic mass is 9.95. The van der Waals surface area contributed by atoms with Crippen molar-refractivity contribution in [3.8, 4) is 24.1 Å². The van der Waals surface area contributed by atoms with Crippen LogP contribution in [0.3, 0.4) is 0 Å². The summed E-state index contributed by atoms with van der Waals surface area (Å²) in [6.45, 7) is 2.44. The van der Waals surface area contributed by atoms with E-state index < -0.39 is 47.3 Å². The molecule has 49 heavy (non-hydrogen) atoms. The van der Waals surface area contributed by atoms with E-state index in [1.54, 1.807) is 0 Å². The van der Waals surface area contributed by atoms with E-state index in [1.807, 2.05) is 4.90 Å². The second-order valence-electron chi connectivity index (χ2n) is 14.2. The van der Waals surface area contributed by atoms with Crippen LogP contribution >= 0.6 is 0 Å². The normalized spacial score (nSPS) is 31.4. The van der Waals surface area contributed by atoms with Gasteiger partial charge in [0.25, 0.3) is 5.92 Å². The molecule has 9 nitrogen and oxygen atoms in total. The third kappa shape index (κ3) is 5.03. The molecule has 0 spiro atoms. The van der Waals surface area contributed by atoms with E-state index >= 15 is 4.39 Å². The number of benzene rings is 2. The fourth-order valence-corrected chi connectivity index (χ4v) is 10.3. The molecule has 1 aliphatic carbocycles. The Morgan fingerprint density at radius 1 is 1.14 bits per heavy atom. The molecule has 14 heteroatoms. The monoisotopic (exact) mass is 694 g/mol. The number of piperazine rings is 1. The van der Waals surface area contributed by atoms with Crippen molar-refractivity contribution in [3.63, 3.8) is 0 Å². The number of halogens is 4. The number of aromatic hydroxyl groups is 1. The Kier molecular flexibility index (Phi) is 7.08. The lowest BCUT2D eigenvalue weighted by Crippen LogP contribution is -2.52. The maximum Gasteiger partial charge on any atom is 0.319 e. The van der Waals surface area contributed by atoms with Crippen molar-refractivity contribution in [2.24, 2.45) is 0 Å². The minimum atomic E-state index is -3.14. The number of nitrogens with one attached hydrogen (secondary N) is 1. The van der Waals surface area contributed by atoms with Gasteiger partial charge >= 0.3 is 6.01 Å². The first kappa shape index (κ1) is 31.2. The number of nitrogens with zero attached hydrogens (tertiary/aromatic N) is 5. The van der Waals surface area contributed by atoms with Gasteiger partial charge in [0.1, 0.15) is 47.4 Å². The molecule has 3 aromatic rings. The zero-order valence-electron chi connectivity index (χ0n) is 26.5. The molecule has 9 rings (SSSR count). The quantitative estimate of drug-likeness (QED) is 0.218. The van der Waals surface area contributed by atoms with Crippen LogP contribution in [-0.2, 0) is 11.4 Å².